The molecule has 2 N–H and O–H groups in total. The Morgan fingerprint density at radius 3 is 2.49 bits per heavy atom. The van der Waals surface area contributed by atoms with Crippen LogP contribution in [-0.4, -0.2) is 22.9 Å². The normalized spacial score (nSPS) is 11.1. The minimum absolute atomic E-state index is 0.0744. The molecule has 0 saturated carbocycles. The SMILES string of the molecule is CCCCCc1cc(O)c(CC=C(C)CCC=C(C)C)c(OCOC(=O)Nc2ccc([N+](=O)[O-])cc2)c1. The van der Waals surface area contributed by atoms with Crippen LogP contribution in [0.3, 0.4) is 0 Å². The van der Waals surface area contributed by atoms with Crippen LogP contribution < -0.4 is 10.1 Å². The van der Waals surface area contributed by atoms with E-state index in [0.29, 0.717) is 23.4 Å². The van der Waals surface area contributed by atoms with E-state index < -0.39 is 11.0 Å². The van der Waals surface area contributed by atoms with Gasteiger partial charge in [-0.05, 0) is 82.7 Å². The second-order valence-electron chi connectivity index (χ2n) is 9.25. The smallest absolute Gasteiger partial charge is 0.414 e. The van der Waals surface area contributed by atoms with Crippen molar-refractivity contribution in [2.75, 3.05) is 12.1 Å². The summed E-state index contributed by atoms with van der Waals surface area (Å²) in [7, 11) is 0. The summed E-state index contributed by atoms with van der Waals surface area (Å²) in [5, 5.41) is 24.0. The average molecular weight is 511 g/mol. The molecular formula is C29H38N2O6. The number of aryl methyl sites for hydroxylation is 1. The van der Waals surface area contributed by atoms with Crippen LogP contribution in [0.1, 0.15) is 70.9 Å². The number of aromatic hydroxyl groups is 1. The van der Waals surface area contributed by atoms with Crippen LogP contribution in [0.15, 0.2) is 59.7 Å². The maximum atomic E-state index is 12.2. The zero-order valence-corrected chi connectivity index (χ0v) is 22.2. The number of phenols is 1. The Bertz CT molecular complexity index is 1100. The van der Waals surface area contributed by atoms with E-state index in [1.54, 1.807) is 6.07 Å². The maximum Gasteiger partial charge on any atom is 0.414 e. The molecule has 0 bridgehead atoms. The number of carbonyl (C=O) groups excluding carboxylic acids is 1. The molecule has 200 valence electrons. The van der Waals surface area contributed by atoms with Crippen molar-refractivity contribution in [3.63, 3.8) is 0 Å². The zero-order chi connectivity index (χ0) is 27.2. The van der Waals surface area contributed by atoms with Crippen molar-refractivity contribution in [1.82, 2.24) is 0 Å². The summed E-state index contributed by atoms with van der Waals surface area (Å²) in [5.41, 5.74) is 4.39. The third-order valence-corrected chi connectivity index (χ3v) is 5.79. The van der Waals surface area contributed by atoms with Crippen molar-refractivity contribution in [1.29, 1.82) is 0 Å². The highest BCUT2D eigenvalue weighted by Gasteiger charge is 2.13. The van der Waals surface area contributed by atoms with Crippen LogP contribution in [0.4, 0.5) is 16.2 Å². The van der Waals surface area contributed by atoms with Crippen LogP contribution in [-0.2, 0) is 17.6 Å². The highest BCUT2D eigenvalue weighted by atomic mass is 16.7. The van der Waals surface area contributed by atoms with E-state index in [9.17, 15) is 20.0 Å². The standard InChI is InChI=1S/C29H38N2O6/c1-5-6-7-11-23-18-27(32)26(17-12-22(4)10-8-9-21(2)3)28(19-23)36-20-37-29(33)30-24-13-15-25(16-14-24)31(34)35/h9,12-16,18-19,32H,5-8,10-11,17,20H2,1-4H3,(H,30,33). The third-order valence-electron chi connectivity index (χ3n) is 5.79. The minimum Gasteiger partial charge on any atom is -0.508 e. The number of carbonyl (C=O) groups is 1. The van der Waals surface area contributed by atoms with Crippen LogP contribution in [0.25, 0.3) is 0 Å². The van der Waals surface area contributed by atoms with Crippen LogP contribution in [0.5, 0.6) is 11.5 Å². The number of rotatable bonds is 14. The van der Waals surface area contributed by atoms with Gasteiger partial charge in [0.25, 0.3) is 5.69 Å². The number of allylic oxidation sites excluding steroid dienone is 4. The van der Waals surface area contributed by atoms with E-state index >= 15 is 0 Å². The molecule has 0 unspecified atom stereocenters. The lowest BCUT2D eigenvalue weighted by Crippen LogP contribution is -2.17. The predicted molar refractivity (Wildman–Crippen MR) is 146 cm³/mol. The molecule has 0 aliphatic rings. The zero-order valence-electron chi connectivity index (χ0n) is 22.2. The molecule has 0 heterocycles. The molecule has 0 aliphatic heterocycles. The number of non-ortho nitro benzene ring substituents is 1. The number of anilines is 1. The van der Waals surface area contributed by atoms with Crippen LogP contribution in [0.2, 0.25) is 0 Å². The van der Waals surface area contributed by atoms with Gasteiger partial charge in [-0.3, -0.25) is 15.4 Å². The molecular weight excluding hydrogens is 472 g/mol. The molecule has 0 aliphatic carbocycles. The topological polar surface area (TPSA) is 111 Å². The number of ether oxygens (including phenoxy) is 2. The fourth-order valence-corrected chi connectivity index (χ4v) is 3.68. The Hall–Kier alpha value is -3.81. The molecule has 0 saturated heterocycles. The van der Waals surface area contributed by atoms with Gasteiger partial charge >= 0.3 is 6.09 Å². The van der Waals surface area contributed by atoms with Crippen LogP contribution >= 0.6 is 0 Å². The molecule has 0 aromatic heterocycles. The van der Waals surface area contributed by atoms with Crippen LogP contribution in [0, 0.1) is 10.1 Å². The van der Waals surface area contributed by atoms with E-state index in [4.69, 9.17) is 9.47 Å². The number of hydrogen-bond acceptors (Lipinski definition) is 6. The first-order valence-electron chi connectivity index (χ1n) is 12.6. The molecule has 0 atom stereocenters. The number of amides is 1. The molecule has 8 heteroatoms. The number of hydrogen-bond donors (Lipinski definition) is 2. The fraction of sp³-hybridized carbons (Fsp3) is 0.414. The van der Waals surface area contributed by atoms with E-state index in [0.717, 1.165) is 44.1 Å². The first-order valence-corrected chi connectivity index (χ1v) is 12.6. The summed E-state index contributed by atoms with van der Waals surface area (Å²) in [5.74, 6) is 0.635. The maximum absolute atomic E-state index is 12.2. The summed E-state index contributed by atoms with van der Waals surface area (Å²) in [6, 6.07) is 9.10. The molecule has 2 aromatic rings. The van der Waals surface area contributed by atoms with Gasteiger partial charge in [0.05, 0.1) is 4.92 Å². The summed E-state index contributed by atoms with van der Waals surface area (Å²) >= 11 is 0. The Labute approximate surface area is 219 Å². The number of benzene rings is 2. The van der Waals surface area contributed by atoms with E-state index in [1.165, 1.54) is 35.4 Å². The Kier molecular flexibility index (Phi) is 12.2. The van der Waals surface area contributed by atoms with Crippen molar-refractivity contribution in [2.45, 2.75) is 72.6 Å². The lowest BCUT2D eigenvalue weighted by molar-refractivity contribution is -0.384. The van der Waals surface area contributed by atoms with Gasteiger partial charge in [0.15, 0.2) is 0 Å². The van der Waals surface area contributed by atoms with Gasteiger partial charge in [-0.1, -0.05) is 43.1 Å². The number of phenolic OH excluding ortho intramolecular Hbond substituents is 1. The number of nitrogens with zero attached hydrogens (tertiary/aromatic N) is 1. The van der Waals surface area contributed by atoms with Crippen molar-refractivity contribution in [2.24, 2.45) is 0 Å². The molecule has 0 fully saturated rings. The molecule has 8 nitrogen and oxygen atoms in total. The van der Waals surface area contributed by atoms with E-state index in [1.807, 2.05) is 6.07 Å². The van der Waals surface area contributed by atoms with Gasteiger partial charge in [0.1, 0.15) is 11.5 Å². The molecule has 0 radical (unpaired) electrons. The first-order chi connectivity index (χ1) is 17.7. The minimum atomic E-state index is -0.756. The Morgan fingerprint density at radius 2 is 1.84 bits per heavy atom. The lowest BCUT2D eigenvalue weighted by atomic mass is 10.0. The largest absolute Gasteiger partial charge is 0.508 e. The van der Waals surface area contributed by atoms with Gasteiger partial charge < -0.3 is 14.6 Å². The molecule has 37 heavy (non-hydrogen) atoms. The number of nitro groups is 1. The Balaban J connectivity index is 2.06. The average Bonchev–Trinajstić information content (AvgIpc) is 2.83. The van der Waals surface area contributed by atoms with Crippen molar-refractivity contribution in [3.8, 4) is 11.5 Å². The van der Waals surface area contributed by atoms with Crippen molar-refractivity contribution >= 4 is 17.5 Å². The van der Waals surface area contributed by atoms with Crippen molar-refractivity contribution < 1.29 is 24.3 Å². The van der Waals surface area contributed by atoms with Gasteiger partial charge in [0, 0.05) is 23.4 Å². The second-order valence-corrected chi connectivity index (χ2v) is 9.25. The van der Waals surface area contributed by atoms with Gasteiger partial charge in [-0.15, -0.1) is 0 Å². The highest BCUT2D eigenvalue weighted by Crippen LogP contribution is 2.32. The fourth-order valence-electron chi connectivity index (χ4n) is 3.68. The predicted octanol–water partition coefficient (Wildman–Crippen LogP) is 7.85. The monoisotopic (exact) mass is 510 g/mol. The van der Waals surface area contributed by atoms with E-state index in [2.05, 4.69) is 45.2 Å². The molecule has 2 rings (SSSR count). The van der Waals surface area contributed by atoms with E-state index in [-0.39, 0.29) is 18.2 Å². The highest BCUT2D eigenvalue weighted by molar-refractivity contribution is 5.84. The number of unbranched alkanes of at least 4 members (excludes halogenated alkanes) is 2. The van der Waals surface area contributed by atoms with Gasteiger partial charge in [-0.2, -0.15) is 0 Å². The number of nitrogens with one attached hydrogen (secondary N) is 1. The Morgan fingerprint density at radius 1 is 1.11 bits per heavy atom. The molecule has 0 spiro atoms. The molecule has 2 aromatic carbocycles. The van der Waals surface area contributed by atoms with Gasteiger partial charge in [-0.25, -0.2) is 4.79 Å². The lowest BCUT2D eigenvalue weighted by Gasteiger charge is -2.15. The summed E-state index contributed by atoms with van der Waals surface area (Å²) < 4.78 is 10.9. The third kappa shape index (κ3) is 10.8. The first kappa shape index (κ1) is 29.4. The number of nitro benzene ring substituents is 1. The summed E-state index contributed by atoms with van der Waals surface area (Å²) in [6.07, 6.45) is 9.94. The quantitative estimate of drug-likeness (QED) is 0.0880. The van der Waals surface area contributed by atoms with Gasteiger partial charge in [0.2, 0.25) is 6.79 Å². The molecule has 1 amide bonds. The summed E-state index contributed by atoms with van der Waals surface area (Å²) in [6.45, 7) is 8.02. The second kappa shape index (κ2) is 15.3. The van der Waals surface area contributed by atoms with Crippen molar-refractivity contribution in [3.05, 3.63) is 80.9 Å². The summed E-state index contributed by atoms with van der Waals surface area (Å²) in [4.78, 5) is 22.4.